The number of rotatable bonds is 3. The second-order valence-electron chi connectivity index (χ2n) is 7.28. The van der Waals surface area contributed by atoms with Crippen LogP contribution >= 0.6 is 0 Å². The number of aryl methyl sites for hydroxylation is 1. The van der Waals surface area contributed by atoms with Crippen LogP contribution in [0.15, 0.2) is 12.3 Å². The van der Waals surface area contributed by atoms with Crippen molar-refractivity contribution in [2.75, 3.05) is 26.2 Å². The number of allylic oxidation sites excluding steroid dienone is 1. The molecular formula is C20H31N3O. The first-order chi connectivity index (χ1) is 11.6. The molecule has 0 radical (unpaired) electrons. The molecule has 1 aliphatic carbocycles. The Morgan fingerprint density at radius 1 is 1.12 bits per heavy atom. The van der Waals surface area contributed by atoms with E-state index in [1.54, 1.807) is 0 Å². The van der Waals surface area contributed by atoms with Crippen LogP contribution in [0.2, 0.25) is 0 Å². The smallest absolute Gasteiger partial charge is 0.255 e. The molecule has 1 aliphatic heterocycles. The molecule has 3 rings (SSSR count). The summed E-state index contributed by atoms with van der Waals surface area (Å²) in [6.07, 6.45) is 12.9. The lowest BCUT2D eigenvalue weighted by Gasteiger charge is -2.40. The maximum absolute atomic E-state index is 12.9. The minimum atomic E-state index is 0.196. The van der Waals surface area contributed by atoms with Gasteiger partial charge in [-0.05, 0) is 38.3 Å². The van der Waals surface area contributed by atoms with Crippen LogP contribution < -0.4 is 0 Å². The molecule has 24 heavy (non-hydrogen) atoms. The molecule has 0 atom stereocenters. The van der Waals surface area contributed by atoms with Crippen LogP contribution in [0.25, 0.3) is 6.08 Å². The molecule has 0 spiro atoms. The Morgan fingerprint density at radius 3 is 2.42 bits per heavy atom. The quantitative estimate of drug-likeness (QED) is 0.850. The molecule has 2 aliphatic rings. The highest BCUT2D eigenvalue weighted by Gasteiger charge is 2.28. The van der Waals surface area contributed by atoms with E-state index < -0.39 is 0 Å². The van der Waals surface area contributed by atoms with Crippen molar-refractivity contribution in [3.8, 4) is 0 Å². The SMILES string of the molecule is C/C=C\c1c(C)c(C(=O)N2CCN(C3CCCCC3)CC2)cn1C. The molecular weight excluding hydrogens is 298 g/mol. The second-order valence-corrected chi connectivity index (χ2v) is 7.28. The van der Waals surface area contributed by atoms with Crippen molar-refractivity contribution in [2.24, 2.45) is 7.05 Å². The van der Waals surface area contributed by atoms with Gasteiger partial charge in [0.1, 0.15) is 0 Å². The number of hydrogen-bond acceptors (Lipinski definition) is 2. The molecule has 2 heterocycles. The third kappa shape index (κ3) is 3.44. The summed E-state index contributed by atoms with van der Waals surface area (Å²) in [7, 11) is 2.01. The van der Waals surface area contributed by atoms with E-state index in [1.165, 1.54) is 32.1 Å². The van der Waals surface area contributed by atoms with Crippen LogP contribution in [-0.4, -0.2) is 52.5 Å². The highest BCUT2D eigenvalue weighted by molar-refractivity contribution is 5.96. The number of nitrogens with zero attached hydrogens (tertiary/aromatic N) is 3. The summed E-state index contributed by atoms with van der Waals surface area (Å²) in [4.78, 5) is 17.6. The topological polar surface area (TPSA) is 28.5 Å². The molecule has 0 N–H and O–H groups in total. The minimum Gasteiger partial charge on any atom is -0.350 e. The van der Waals surface area contributed by atoms with Crippen molar-refractivity contribution >= 4 is 12.0 Å². The molecule has 1 aromatic heterocycles. The van der Waals surface area contributed by atoms with Gasteiger partial charge in [0.25, 0.3) is 5.91 Å². The molecule has 0 unspecified atom stereocenters. The Bertz CT molecular complexity index is 603. The average molecular weight is 329 g/mol. The summed E-state index contributed by atoms with van der Waals surface area (Å²) in [5.41, 5.74) is 3.08. The van der Waals surface area contributed by atoms with E-state index in [2.05, 4.69) is 22.5 Å². The van der Waals surface area contributed by atoms with Crippen LogP contribution in [-0.2, 0) is 7.05 Å². The largest absolute Gasteiger partial charge is 0.350 e. The van der Waals surface area contributed by atoms with E-state index in [0.717, 1.165) is 49.0 Å². The molecule has 1 saturated heterocycles. The summed E-state index contributed by atoms with van der Waals surface area (Å²) in [6, 6.07) is 0.760. The zero-order valence-electron chi connectivity index (χ0n) is 15.4. The van der Waals surface area contributed by atoms with Gasteiger partial charge in [-0.2, -0.15) is 0 Å². The third-order valence-corrected chi connectivity index (χ3v) is 5.74. The second kappa shape index (κ2) is 7.56. The summed E-state index contributed by atoms with van der Waals surface area (Å²) >= 11 is 0. The maximum Gasteiger partial charge on any atom is 0.255 e. The number of aromatic nitrogens is 1. The van der Waals surface area contributed by atoms with Crippen LogP contribution in [0.1, 0.15) is 60.6 Å². The fourth-order valence-electron chi connectivity index (χ4n) is 4.29. The summed E-state index contributed by atoms with van der Waals surface area (Å²) < 4.78 is 2.06. The van der Waals surface area contributed by atoms with Crippen LogP contribution in [0.3, 0.4) is 0 Å². The Labute approximate surface area is 146 Å². The van der Waals surface area contributed by atoms with E-state index in [0.29, 0.717) is 0 Å². The molecule has 1 amide bonds. The standard InChI is InChI=1S/C20H31N3O/c1-4-8-19-16(2)18(15-21(19)3)20(24)23-13-11-22(12-14-23)17-9-6-5-7-10-17/h4,8,15,17H,5-7,9-14H2,1-3H3/b8-4-. The normalized spacial score (nSPS) is 20.9. The van der Waals surface area contributed by atoms with Gasteiger partial charge in [-0.3, -0.25) is 9.69 Å². The van der Waals surface area contributed by atoms with Crippen molar-refractivity contribution in [2.45, 2.75) is 52.0 Å². The maximum atomic E-state index is 12.9. The van der Waals surface area contributed by atoms with Gasteiger partial charge < -0.3 is 9.47 Å². The molecule has 4 heteroatoms. The lowest BCUT2D eigenvalue weighted by Crippen LogP contribution is -2.52. The van der Waals surface area contributed by atoms with Crippen molar-refractivity contribution in [3.63, 3.8) is 0 Å². The third-order valence-electron chi connectivity index (χ3n) is 5.74. The lowest BCUT2D eigenvalue weighted by atomic mass is 9.94. The first-order valence-electron chi connectivity index (χ1n) is 9.43. The summed E-state index contributed by atoms with van der Waals surface area (Å²) in [6.45, 7) is 7.86. The number of carbonyl (C=O) groups is 1. The van der Waals surface area contributed by atoms with Gasteiger partial charge in [0, 0.05) is 51.2 Å². The van der Waals surface area contributed by atoms with Gasteiger partial charge >= 0.3 is 0 Å². The highest BCUT2D eigenvalue weighted by Crippen LogP contribution is 2.24. The zero-order chi connectivity index (χ0) is 17.1. The fourth-order valence-corrected chi connectivity index (χ4v) is 4.29. The van der Waals surface area contributed by atoms with Gasteiger partial charge in [-0.15, -0.1) is 0 Å². The summed E-state index contributed by atoms with van der Waals surface area (Å²) in [5.74, 6) is 0.196. The van der Waals surface area contributed by atoms with E-state index in [-0.39, 0.29) is 5.91 Å². The monoisotopic (exact) mass is 329 g/mol. The summed E-state index contributed by atoms with van der Waals surface area (Å²) in [5, 5.41) is 0. The number of carbonyl (C=O) groups excluding carboxylic acids is 1. The van der Waals surface area contributed by atoms with Gasteiger partial charge in [-0.25, -0.2) is 0 Å². The predicted octanol–water partition coefficient (Wildman–Crippen LogP) is 3.46. The molecule has 1 aromatic rings. The van der Waals surface area contributed by atoms with Crippen LogP contribution in [0.5, 0.6) is 0 Å². The Kier molecular flexibility index (Phi) is 5.44. The first kappa shape index (κ1) is 17.3. The first-order valence-corrected chi connectivity index (χ1v) is 9.43. The molecule has 4 nitrogen and oxygen atoms in total. The van der Waals surface area contributed by atoms with E-state index in [4.69, 9.17) is 0 Å². The number of piperazine rings is 1. The van der Waals surface area contributed by atoms with Crippen molar-refractivity contribution in [3.05, 3.63) is 29.1 Å². The van der Waals surface area contributed by atoms with Crippen molar-refractivity contribution in [1.82, 2.24) is 14.4 Å². The van der Waals surface area contributed by atoms with Crippen LogP contribution in [0, 0.1) is 6.92 Å². The molecule has 0 bridgehead atoms. The number of hydrogen-bond donors (Lipinski definition) is 0. The highest BCUT2D eigenvalue weighted by atomic mass is 16.2. The van der Waals surface area contributed by atoms with E-state index >= 15 is 0 Å². The zero-order valence-corrected chi connectivity index (χ0v) is 15.4. The lowest BCUT2D eigenvalue weighted by molar-refractivity contribution is 0.0522. The Balaban J connectivity index is 1.64. The van der Waals surface area contributed by atoms with Gasteiger partial charge in [0.15, 0.2) is 0 Å². The van der Waals surface area contributed by atoms with Crippen molar-refractivity contribution in [1.29, 1.82) is 0 Å². The van der Waals surface area contributed by atoms with E-state index in [1.807, 2.05) is 31.1 Å². The van der Waals surface area contributed by atoms with E-state index in [9.17, 15) is 4.79 Å². The molecule has 0 aromatic carbocycles. The molecule has 1 saturated carbocycles. The minimum absolute atomic E-state index is 0.196. The Hall–Kier alpha value is -1.55. The predicted molar refractivity (Wildman–Crippen MR) is 99.2 cm³/mol. The van der Waals surface area contributed by atoms with Crippen molar-refractivity contribution < 1.29 is 4.79 Å². The van der Waals surface area contributed by atoms with Gasteiger partial charge in [0.05, 0.1) is 5.56 Å². The average Bonchev–Trinajstić information content (AvgIpc) is 2.90. The van der Waals surface area contributed by atoms with Gasteiger partial charge in [-0.1, -0.05) is 25.3 Å². The Morgan fingerprint density at radius 2 is 1.79 bits per heavy atom. The molecule has 2 fully saturated rings. The number of amides is 1. The molecule has 132 valence electrons. The van der Waals surface area contributed by atoms with Crippen LogP contribution in [0.4, 0.5) is 0 Å². The fraction of sp³-hybridized carbons (Fsp3) is 0.650. The van der Waals surface area contributed by atoms with Gasteiger partial charge in [0.2, 0.25) is 0 Å².